The summed E-state index contributed by atoms with van der Waals surface area (Å²) in [4.78, 5) is 12.2. The zero-order chi connectivity index (χ0) is 20.8. The van der Waals surface area contributed by atoms with Crippen molar-refractivity contribution in [3.8, 4) is 0 Å². The summed E-state index contributed by atoms with van der Waals surface area (Å²) >= 11 is 0. The Morgan fingerprint density at radius 2 is 1.61 bits per heavy atom. The van der Waals surface area contributed by atoms with Gasteiger partial charge in [-0.05, 0) is 30.8 Å². The molecule has 1 aromatic carbocycles. The largest absolute Gasteiger partial charge is 0.353 e. The highest BCUT2D eigenvalue weighted by Crippen LogP contribution is 2.17. The molecule has 0 spiro atoms. The normalized spacial score (nSPS) is 12.0. The molecule has 0 fully saturated rings. The van der Waals surface area contributed by atoms with Gasteiger partial charge in [-0.25, -0.2) is 0 Å². The van der Waals surface area contributed by atoms with Crippen LogP contribution in [0.4, 0.5) is 17.6 Å². The summed E-state index contributed by atoms with van der Waals surface area (Å²) in [7, 11) is -8.42. The molecule has 0 aliphatic carbocycles. The van der Waals surface area contributed by atoms with Crippen molar-refractivity contribution in [3.63, 3.8) is 0 Å². The molecule has 1 heterocycles. The number of rotatable bonds is 10. The van der Waals surface area contributed by atoms with Gasteiger partial charge in [0, 0.05) is 12.2 Å². The van der Waals surface area contributed by atoms with Crippen LogP contribution < -0.4 is 16.0 Å². The van der Waals surface area contributed by atoms with E-state index in [4.69, 9.17) is 9.11 Å². The minimum Gasteiger partial charge on any atom is -0.353 e. The van der Waals surface area contributed by atoms with Gasteiger partial charge in [-0.15, -0.1) is 0 Å². The van der Waals surface area contributed by atoms with Crippen molar-refractivity contribution < 1.29 is 25.9 Å². The van der Waals surface area contributed by atoms with Crippen LogP contribution in [0.1, 0.15) is 12.7 Å². The van der Waals surface area contributed by atoms with E-state index in [1.54, 1.807) is 0 Å². The van der Waals surface area contributed by atoms with E-state index in [1.165, 1.54) is 24.3 Å². The Kier molecular flexibility index (Phi) is 7.20. The summed E-state index contributed by atoms with van der Waals surface area (Å²) < 4.78 is 61.6. The number of nitrogens with zero attached hydrogens (tertiary/aromatic N) is 3. The zero-order valence-corrected chi connectivity index (χ0v) is 16.5. The van der Waals surface area contributed by atoms with Gasteiger partial charge in [-0.1, -0.05) is 6.92 Å². The van der Waals surface area contributed by atoms with Gasteiger partial charge in [-0.3, -0.25) is 9.11 Å². The molecule has 14 heteroatoms. The van der Waals surface area contributed by atoms with Gasteiger partial charge < -0.3 is 16.0 Å². The van der Waals surface area contributed by atoms with Crippen molar-refractivity contribution in [1.82, 2.24) is 20.3 Å². The van der Waals surface area contributed by atoms with Crippen LogP contribution >= 0.6 is 0 Å². The molecule has 0 saturated heterocycles. The van der Waals surface area contributed by atoms with E-state index in [1.807, 2.05) is 6.92 Å². The smallest absolute Gasteiger partial charge is 0.294 e. The average Bonchev–Trinajstić information content (AvgIpc) is 2.58. The van der Waals surface area contributed by atoms with Crippen molar-refractivity contribution in [2.45, 2.75) is 18.4 Å². The number of nitrogens with one attached hydrogen (secondary N) is 3. The maximum atomic E-state index is 11.1. The Bertz CT molecular complexity index is 1010. The third kappa shape index (κ3) is 7.32. The standard InChI is InChI=1S/C14H20N6O6S2/c1-2-15-9-12-18-13(16-7-8-27(21,22)23)20-14(19-12)17-10-3-5-11(6-4-10)28(24,25)26/h3-6,15H,2,7-9H2,1H3,(H,21,22,23)(H,24,25,26)(H2,16,17,18,19,20). The first kappa shape index (κ1) is 21.9. The molecule has 0 aliphatic heterocycles. The fourth-order valence-electron chi connectivity index (χ4n) is 2.00. The summed E-state index contributed by atoms with van der Waals surface area (Å²) in [5, 5.41) is 8.61. The Labute approximate surface area is 162 Å². The van der Waals surface area contributed by atoms with Crippen molar-refractivity contribution in [2.75, 3.05) is 29.5 Å². The van der Waals surface area contributed by atoms with Gasteiger partial charge >= 0.3 is 0 Å². The summed E-state index contributed by atoms with van der Waals surface area (Å²) in [6, 6.07) is 5.26. The van der Waals surface area contributed by atoms with Crippen LogP contribution in [0.5, 0.6) is 0 Å². The van der Waals surface area contributed by atoms with E-state index >= 15 is 0 Å². The van der Waals surface area contributed by atoms with Crippen molar-refractivity contribution in [1.29, 1.82) is 0 Å². The maximum absolute atomic E-state index is 11.1. The molecule has 0 amide bonds. The molecular formula is C14H20N6O6S2. The van der Waals surface area contributed by atoms with E-state index < -0.39 is 26.0 Å². The van der Waals surface area contributed by atoms with E-state index in [2.05, 4.69) is 30.9 Å². The van der Waals surface area contributed by atoms with Crippen LogP contribution in [0.3, 0.4) is 0 Å². The number of anilines is 3. The third-order valence-corrected chi connectivity index (χ3v) is 4.85. The molecule has 0 unspecified atom stereocenters. The highest BCUT2D eigenvalue weighted by Gasteiger charge is 2.11. The summed E-state index contributed by atoms with van der Waals surface area (Å²) in [6.45, 7) is 2.81. The van der Waals surface area contributed by atoms with E-state index in [-0.39, 0.29) is 23.3 Å². The zero-order valence-electron chi connectivity index (χ0n) is 14.8. The molecule has 0 bridgehead atoms. The Balaban J connectivity index is 2.20. The topological polar surface area (TPSA) is 184 Å². The van der Waals surface area contributed by atoms with Crippen LogP contribution in [0.25, 0.3) is 0 Å². The molecule has 0 aliphatic rings. The number of aromatic nitrogens is 3. The fourth-order valence-corrected chi connectivity index (χ4v) is 2.84. The van der Waals surface area contributed by atoms with Crippen LogP contribution in [-0.2, 0) is 26.8 Å². The number of hydrogen-bond donors (Lipinski definition) is 5. The van der Waals surface area contributed by atoms with Gasteiger partial charge in [0.1, 0.15) is 5.82 Å². The van der Waals surface area contributed by atoms with Crippen molar-refractivity contribution >= 4 is 37.8 Å². The molecule has 28 heavy (non-hydrogen) atoms. The summed E-state index contributed by atoms with van der Waals surface area (Å²) in [5.74, 6) is 0.102. The molecule has 5 N–H and O–H groups in total. The number of hydrogen-bond acceptors (Lipinski definition) is 10. The lowest BCUT2D eigenvalue weighted by Crippen LogP contribution is -2.19. The molecule has 1 aromatic heterocycles. The molecular weight excluding hydrogens is 412 g/mol. The summed E-state index contributed by atoms with van der Waals surface area (Å²) in [6.07, 6.45) is 0. The molecule has 0 atom stereocenters. The SMILES string of the molecule is CCNCc1nc(NCCS(=O)(=O)O)nc(Nc2ccc(S(=O)(=O)O)cc2)n1. The van der Waals surface area contributed by atoms with E-state index in [0.29, 0.717) is 24.6 Å². The highest BCUT2D eigenvalue weighted by atomic mass is 32.2. The minimum absolute atomic E-state index is 0.101. The molecule has 0 saturated carbocycles. The maximum Gasteiger partial charge on any atom is 0.294 e. The molecule has 0 radical (unpaired) electrons. The first-order valence-corrected chi connectivity index (χ1v) is 11.1. The first-order valence-electron chi connectivity index (χ1n) is 8.06. The van der Waals surface area contributed by atoms with Crippen LogP contribution in [0, 0.1) is 0 Å². The van der Waals surface area contributed by atoms with Crippen molar-refractivity contribution in [2.24, 2.45) is 0 Å². The molecule has 12 nitrogen and oxygen atoms in total. The van der Waals surface area contributed by atoms with Gasteiger partial charge in [0.05, 0.1) is 17.2 Å². The monoisotopic (exact) mass is 432 g/mol. The highest BCUT2D eigenvalue weighted by molar-refractivity contribution is 7.86. The average molecular weight is 432 g/mol. The minimum atomic E-state index is -4.30. The van der Waals surface area contributed by atoms with Crippen LogP contribution in [-0.4, -0.2) is 59.7 Å². The lowest BCUT2D eigenvalue weighted by Gasteiger charge is -2.10. The van der Waals surface area contributed by atoms with Crippen LogP contribution in [0.15, 0.2) is 29.2 Å². The third-order valence-electron chi connectivity index (χ3n) is 3.27. The Morgan fingerprint density at radius 1 is 0.964 bits per heavy atom. The van der Waals surface area contributed by atoms with Crippen LogP contribution in [0.2, 0.25) is 0 Å². The van der Waals surface area contributed by atoms with Gasteiger partial charge in [0.25, 0.3) is 20.2 Å². The lowest BCUT2D eigenvalue weighted by atomic mass is 10.3. The second-order valence-electron chi connectivity index (χ2n) is 5.52. The fraction of sp³-hybridized carbons (Fsp3) is 0.357. The Hall–Kier alpha value is -2.39. The van der Waals surface area contributed by atoms with Gasteiger partial charge in [0.15, 0.2) is 0 Å². The quantitative estimate of drug-likeness (QED) is 0.323. The first-order chi connectivity index (χ1) is 13.1. The number of benzene rings is 1. The molecule has 2 aromatic rings. The van der Waals surface area contributed by atoms with E-state index in [0.717, 1.165) is 0 Å². The predicted octanol–water partition coefficient (Wildman–Crippen LogP) is 0.271. The lowest BCUT2D eigenvalue weighted by molar-refractivity contribution is 0.481. The van der Waals surface area contributed by atoms with Gasteiger partial charge in [0.2, 0.25) is 11.9 Å². The van der Waals surface area contributed by atoms with E-state index in [9.17, 15) is 16.8 Å². The molecule has 154 valence electrons. The second kappa shape index (κ2) is 9.20. The second-order valence-corrected chi connectivity index (χ2v) is 8.51. The summed E-state index contributed by atoms with van der Waals surface area (Å²) in [5.41, 5.74) is 0.455. The van der Waals surface area contributed by atoms with Gasteiger partial charge in [-0.2, -0.15) is 31.8 Å². The molecule has 2 rings (SSSR count). The predicted molar refractivity (Wildman–Crippen MR) is 102 cm³/mol. The van der Waals surface area contributed by atoms with Crippen molar-refractivity contribution in [3.05, 3.63) is 30.1 Å². The Morgan fingerprint density at radius 3 is 2.18 bits per heavy atom.